The fourth-order valence-electron chi connectivity index (χ4n) is 3.84. The van der Waals surface area contributed by atoms with Crippen molar-refractivity contribution in [1.29, 1.82) is 0 Å². The molecule has 2 aromatic carbocycles. The fraction of sp³-hybridized carbons (Fsp3) is 0.304. The Morgan fingerprint density at radius 1 is 0.929 bits per heavy atom. The highest BCUT2D eigenvalue weighted by Crippen LogP contribution is 2.47. The first kappa shape index (κ1) is 18.8. The second kappa shape index (κ2) is 7.13. The molecule has 2 unspecified atom stereocenters. The molecule has 2 aliphatic heterocycles. The number of carbonyl (C=O) groups excluding carboxylic acids is 2. The van der Waals surface area contributed by atoms with Crippen LogP contribution in [0.25, 0.3) is 0 Å². The second-order valence-corrected chi connectivity index (χ2v) is 8.89. The van der Waals surface area contributed by atoms with Gasteiger partial charge in [0.15, 0.2) is 0 Å². The van der Waals surface area contributed by atoms with Crippen LogP contribution in [0.4, 0.5) is 10.5 Å². The maximum absolute atomic E-state index is 13.5. The summed E-state index contributed by atoms with van der Waals surface area (Å²) in [6.07, 6.45) is 0. The molecule has 0 radical (unpaired) electrons. The SMILES string of the molecule is CC1=C(C)C2C(=O)N(c3ccc(C)c(C)c3)C(=O)N(Cc3ccccc3)C2S1. The number of nitrogens with zero attached hydrogens (tertiary/aromatic N) is 2. The Morgan fingerprint density at radius 2 is 1.64 bits per heavy atom. The summed E-state index contributed by atoms with van der Waals surface area (Å²) in [4.78, 5) is 31.2. The van der Waals surface area contributed by atoms with Crippen LogP contribution in [0.2, 0.25) is 0 Å². The van der Waals surface area contributed by atoms with Crippen LogP contribution in [0, 0.1) is 19.8 Å². The Hall–Kier alpha value is -2.53. The molecule has 2 atom stereocenters. The number of rotatable bonds is 3. The minimum absolute atomic E-state index is 0.121. The van der Waals surface area contributed by atoms with Gasteiger partial charge in [0.25, 0.3) is 0 Å². The van der Waals surface area contributed by atoms with Crippen LogP contribution >= 0.6 is 11.8 Å². The standard InChI is InChI=1S/C23H24N2O2S/c1-14-10-11-19(12-15(14)2)25-21(26)20-16(3)17(4)28-22(20)24(23(25)27)13-18-8-6-5-7-9-18/h5-12,20,22H,13H2,1-4H3. The summed E-state index contributed by atoms with van der Waals surface area (Å²) in [6, 6.07) is 15.5. The molecular weight excluding hydrogens is 368 g/mol. The number of urea groups is 1. The van der Waals surface area contributed by atoms with Crippen molar-refractivity contribution in [3.63, 3.8) is 0 Å². The number of benzene rings is 2. The van der Waals surface area contributed by atoms with Gasteiger partial charge in [-0.15, -0.1) is 11.8 Å². The number of hydrogen-bond donors (Lipinski definition) is 0. The van der Waals surface area contributed by atoms with E-state index in [2.05, 4.69) is 0 Å². The maximum atomic E-state index is 13.5. The van der Waals surface area contributed by atoms with Crippen molar-refractivity contribution in [2.24, 2.45) is 5.92 Å². The van der Waals surface area contributed by atoms with Gasteiger partial charge in [-0.1, -0.05) is 36.4 Å². The highest BCUT2D eigenvalue weighted by atomic mass is 32.2. The third-order valence-electron chi connectivity index (χ3n) is 5.78. The maximum Gasteiger partial charge on any atom is 0.332 e. The predicted octanol–water partition coefficient (Wildman–Crippen LogP) is 5.26. The van der Waals surface area contributed by atoms with Crippen LogP contribution < -0.4 is 4.90 Å². The quantitative estimate of drug-likeness (QED) is 0.716. The van der Waals surface area contributed by atoms with Crippen molar-refractivity contribution in [2.45, 2.75) is 39.6 Å². The van der Waals surface area contributed by atoms with Gasteiger partial charge in [-0.05, 0) is 67.0 Å². The highest BCUT2D eigenvalue weighted by Gasteiger charge is 2.51. The molecule has 0 bridgehead atoms. The van der Waals surface area contributed by atoms with E-state index in [4.69, 9.17) is 0 Å². The first-order chi connectivity index (χ1) is 13.4. The van der Waals surface area contributed by atoms with Crippen LogP contribution in [0.1, 0.15) is 30.5 Å². The van der Waals surface area contributed by atoms with Gasteiger partial charge in [0, 0.05) is 6.54 Å². The first-order valence-corrected chi connectivity index (χ1v) is 10.4. The van der Waals surface area contributed by atoms with E-state index in [9.17, 15) is 9.59 Å². The van der Waals surface area contributed by atoms with Gasteiger partial charge >= 0.3 is 6.03 Å². The van der Waals surface area contributed by atoms with E-state index in [1.54, 1.807) is 11.8 Å². The molecule has 4 rings (SSSR count). The van der Waals surface area contributed by atoms with Gasteiger partial charge in [-0.2, -0.15) is 0 Å². The van der Waals surface area contributed by atoms with Gasteiger partial charge in [0.05, 0.1) is 17.0 Å². The van der Waals surface area contributed by atoms with Gasteiger partial charge < -0.3 is 4.90 Å². The topological polar surface area (TPSA) is 40.6 Å². The number of hydrogen-bond acceptors (Lipinski definition) is 3. The molecule has 0 saturated carbocycles. The third-order valence-corrected chi connectivity index (χ3v) is 7.22. The van der Waals surface area contributed by atoms with Crippen LogP contribution in [-0.4, -0.2) is 22.2 Å². The molecule has 28 heavy (non-hydrogen) atoms. The molecule has 0 spiro atoms. The summed E-state index contributed by atoms with van der Waals surface area (Å²) in [5.74, 6) is -0.419. The van der Waals surface area contributed by atoms with Crippen molar-refractivity contribution in [2.75, 3.05) is 4.90 Å². The number of carbonyl (C=O) groups is 2. The molecule has 5 heteroatoms. The van der Waals surface area contributed by atoms with Crippen LogP contribution in [0.3, 0.4) is 0 Å². The normalized spacial score (nSPS) is 22.1. The number of thioether (sulfide) groups is 1. The lowest BCUT2D eigenvalue weighted by molar-refractivity contribution is -0.122. The van der Waals surface area contributed by atoms with Crippen LogP contribution in [0.15, 0.2) is 59.0 Å². The van der Waals surface area contributed by atoms with Crippen molar-refractivity contribution in [1.82, 2.24) is 4.90 Å². The Labute approximate surface area is 170 Å². The van der Waals surface area contributed by atoms with E-state index in [0.29, 0.717) is 12.2 Å². The number of aryl methyl sites for hydroxylation is 2. The molecule has 4 nitrogen and oxygen atoms in total. The van der Waals surface area contributed by atoms with E-state index in [-0.39, 0.29) is 23.2 Å². The largest absolute Gasteiger partial charge is 0.332 e. The minimum atomic E-state index is -0.298. The molecule has 0 N–H and O–H groups in total. The molecule has 0 aromatic heterocycles. The Bertz CT molecular complexity index is 983. The lowest BCUT2D eigenvalue weighted by Crippen LogP contribution is -2.60. The van der Waals surface area contributed by atoms with Gasteiger partial charge in [0.2, 0.25) is 5.91 Å². The highest BCUT2D eigenvalue weighted by molar-refractivity contribution is 8.03. The number of imide groups is 1. The number of anilines is 1. The van der Waals surface area contributed by atoms with Crippen molar-refractivity contribution in [3.05, 3.63) is 75.7 Å². The third kappa shape index (κ3) is 3.04. The Balaban J connectivity index is 1.77. The van der Waals surface area contributed by atoms with Crippen molar-refractivity contribution >= 4 is 29.4 Å². The van der Waals surface area contributed by atoms with E-state index in [0.717, 1.165) is 27.2 Å². The van der Waals surface area contributed by atoms with Gasteiger partial charge in [-0.25, -0.2) is 9.69 Å². The van der Waals surface area contributed by atoms with E-state index in [1.807, 2.05) is 81.1 Å². The van der Waals surface area contributed by atoms with Crippen molar-refractivity contribution in [3.8, 4) is 0 Å². The van der Waals surface area contributed by atoms with Gasteiger partial charge in [-0.3, -0.25) is 4.79 Å². The van der Waals surface area contributed by atoms with Crippen LogP contribution in [-0.2, 0) is 11.3 Å². The van der Waals surface area contributed by atoms with E-state index < -0.39 is 0 Å². The summed E-state index contributed by atoms with van der Waals surface area (Å²) in [6.45, 7) is 8.57. The average molecular weight is 393 g/mol. The zero-order chi connectivity index (χ0) is 20.0. The lowest BCUT2D eigenvalue weighted by atomic mass is 9.95. The molecule has 1 saturated heterocycles. The van der Waals surface area contributed by atoms with Gasteiger partial charge in [0.1, 0.15) is 0 Å². The fourth-order valence-corrected chi connectivity index (χ4v) is 5.26. The van der Waals surface area contributed by atoms with E-state index in [1.165, 1.54) is 4.90 Å². The summed E-state index contributed by atoms with van der Waals surface area (Å²) in [5, 5.41) is -0.178. The minimum Gasteiger partial charge on any atom is -0.306 e. The Kier molecular flexibility index (Phi) is 4.79. The summed E-state index contributed by atoms with van der Waals surface area (Å²) in [7, 11) is 0. The second-order valence-electron chi connectivity index (χ2n) is 7.56. The monoisotopic (exact) mass is 392 g/mol. The summed E-state index contributed by atoms with van der Waals surface area (Å²) >= 11 is 1.63. The molecule has 2 aromatic rings. The van der Waals surface area contributed by atoms with Crippen molar-refractivity contribution < 1.29 is 9.59 Å². The summed E-state index contributed by atoms with van der Waals surface area (Å²) in [5.41, 5.74) is 4.99. The molecule has 1 fully saturated rings. The molecule has 3 amide bonds. The zero-order valence-electron chi connectivity index (χ0n) is 16.6. The predicted molar refractivity (Wildman–Crippen MR) is 114 cm³/mol. The number of fused-ring (bicyclic) bond motifs is 1. The zero-order valence-corrected chi connectivity index (χ0v) is 17.4. The number of amides is 3. The molecule has 2 aliphatic rings. The molecular formula is C23H24N2O2S. The lowest BCUT2D eigenvalue weighted by Gasteiger charge is -2.42. The molecule has 2 heterocycles. The average Bonchev–Trinajstić information content (AvgIpc) is 2.97. The number of allylic oxidation sites excluding steroid dienone is 1. The molecule has 144 valence electrons. The molecule has 0 aliphatic carbocycles. The smallest absolute Gasteiger partial charge is 0.306 e. The first-order valence-electron chi connectivity index (χ1n) is 9.48. The Morgan fingerprint density at radius 3 is 2.32 bits per heavy atom. The van der Waals surface area contributed by atoms with Crippen LogP contribution in [0.5, 0.6) is 0 Å². The summed E-state index contributed by atoms with van der Waals surface area (Å²) < 4.78 is 0. The van der Waals surface area contributed by atoms with E-state index >= 15 is 0 Å².